The molecule has 5 fully saturated rings. The summed E-state index contributed by atoms with van der Waals surface area (Å²) in [4.78, 5) is 12.9. The molecule has 0 unspecified atom stereocenters. The molecule has 4 saturated carbocycles. The number of Topliss-reactive ketones (excluding diaryl/α,β-unsaturated/α-hetero) is 1. The van der Waals surface area contributed by atoms with Gasteiger partial charge in [0.15, 0.2) is 0 Å². The third-order valence-corrected chi connectivity index (χ3v) is 13.0. The van der Waals surface area contributed by atoms with Crippen LogP contribution in [0.1, 0.15) is 120 Å². The maximum Gasteiger partial charge on any atom is 0.138 e. The van der Waals surface area contributed by atoms with Gasteiger partial charge >= 0.3 is 0 Å². The topological polar surface area (TPSA) is 46.5 Å². The van der Waals surface area contributed by atoms with Gasteiger partial charge in [0.05, 0.1) is 17.3 Å². The normalized spacial score (nSPS) is 54.0. The Morgan fingerprint density at radius 3 is 2.09 bits per heavy atom. The fourth-order valence-corrected chi connectivity index (χ4v) is 10.9. The van der Waals surface area contributed by atoms with E-state index in [9.17, 15) is 9.90 Å². The Morgan fingerprint density at radius 2 is 1.45 bits per heavy atom. The fraction of sp³-hybridized carbons (Fsp3) is 0.967. The molecule has 3 heteroatoms. The Kier molecular flexibility index (Phi) is 5.22. The smallest absolute Gasteiger partial charge is 0.138 e. The summed E-state index contributed by atoms with van der Waals surface area (Å²) in [5, 5.41) is 10.6. The van der Waals surface area contributed by atoms with Crippen LogP contribution < -0.4 is 0 Å². The summed E-state index contributed by atoms with van der Waals surface area (Å²) in [6.07, 6.45) is 11.6. The molecule has 9 atom stereocenters. The number of rotatable bonds is 2. The summed E-state index contributed by atoms with van der Waals surface area (Å²) in [5.74, 6) is 3.06. The van der Waals surface area contributed by atoms with Crippen molar-refractivity contribution in [3.63, 3.8) is 0 Å². The highest BCUT2D eigenvalue weighted by Gasteiger charge is 2.70. The summed E-state index contributed by atoms with van der Waals surface area (Å²) < 4.78 is 6.72. The van der Waals surface area contributed by atoms with E-state index in [1.165, 1.54) is 38.5 Å². The first-order valence-corrected chi connectivity index (χ1v) is 14.0. The van der Waals surface area contributed by atoms with Crippen LogP contribution in [0.2, 0.25) is 0 Å². The molecule has 188 valence electrons. The minimum Gasteiger partial charge on any atom is -0.388 e. The lowest BCUT2D eigenvalue weighted by Gasteiger charge is -2.69. The molecular formula is C30H50O3. The number of carbonyl (C=O) groups excluding carboxylic acids is 1. The first-order valence-electron chi connectivity index (χ1n) is 14.0. The summed E-state index contributed by atoms with van der Waals surface area (Å²) >= 11 is 0. The fourth-order valence-electron chi connectivity index (χ4n) is 10.9. The van der Waals surface area contributed by atoms with Crippen molar-refractivity contribution in [2.75, 3.05) is 0 Å². The number of ether oxygens (including phenoxy) is 1. The van der Waals surface area contributed by atoms with Gasteiger partial charge in [0.25, 0.3) is 0 Å². The molecule has 0 aromatic heterocycles. The molecule has 3 nitrogen and oxygen atoms in total. The summed E-state index contributed by atoms with van der Waals surface area (Å²) in [5.41, 5.74) is -0.0493. The SMILES string of the molecule is CC(C)(O)[C@H]1CC[C@](C)([C@H]2CC[C@]3(C)[C@@H]2CC[C@@H]2[C@@]4(C)CCC(=O)C(C)(C)[C@@H]4CC[C@]23C)O1. The molecule has 0 radical (unpaired) electrons. The quantitative estimate of drug-likeness (QED) is 0.487. The van der Waals surface area contributed by atoms with Gasteiger partial charge in [-0.05, 0) is 118 Å². The van der Waals surface area contributed by atoms with Crippen molar-refractivity contribution >= 4 is 5.78 Å². The maximum absolute atomic E-state index is 12.9. The van der Waals surface area contributed by atoms with Crippen molar-refractivity contribution in [3.05, 3.63) is 0 Å². The van der Waals surface area contributed by atoms with Crippen LogP contribution in [-0.4, -0.2) is 28.2 Å². The maximum atomic E-state index is 12.9. The molecule has 5 aliphatic rings. The molecule has 4 aliphatic carbocycles. The van der Waals surface area contributed by atoms with Crippen LogP contribution in [0.25, 0.3) is 0 Å². The molecule has 0 bridgehead atoms. The van der Waals surface area contributed by atoms with Crippen LogP contribution in [0, 0.1) is 45.3 Å². The van der Waals surface area contributed by atoms with E-state index in [1.54, 1.807) is 0 Å². The summed E-state index contributed by atoms with van der Waals surface area (Å²) in [6, 6.07) is 0. The minimum absolute atomic E-state index is 0.0439. The Bertz CT molecular complexity index is 825. The second kappa shape index (κ2) is 7.09. The number of aliphatic hydroxyl groups is 1. The zero-order chi connectivity index (χ0) is 24.2. The zero-order valence-corrected chi connectivity index (χ0v) is 22.7. The second-order valence-electron chi connectivity index (χ2n) is 15.1. The third kappa shape index (κ3) is 3.09. The van der Waals surface area contributed by atoms with Crippen molar-refractivity contribution in [2.24, 2.45) is 45.3 Å². The molecular weight excluding hydrogens is 408 g/mol. The van der Waals surface area contributed by atoms with E-state index in [1.807, 2.05) is 13.8 Å². The van der Waals surface area contributed by atoms with E-state index in [0.29, 0.717) is 34.4 Å². The van der Waals surface area contributed by atoms with E-state index in [-0.39, 0.29) is 22.5 Å². The largest absolute Gasteiger partial charge is 0.388 e. The van der Waals surface area contributed by atoms with Gasteiger partial charge in [-0.25, -0.2) is 0 Å². The van der Waals surface area contributed by atoms with Crippen LogP contribution in [0.5, 0.6) is 0 Å². The van der Waals surface area contributed by atoms with Crippen molar-refractivity contribution < 1.29 is 14.6 Å². The Hall–Kier alpha value is -0.410. The molecule has 1 aliphatic heterocycles. The number of hydrogen-bond acceptors (Lipinski definition) is 3. The average Bonchev–Trinajstić information content (AvgIpc) is 3.27. The molecule has 0 aromatic rings. The van der Waals surface area contributed by atoms with Crippen LogP contribution in [0.3, 0.4) is 0 Å². The molecule has 5 rings (SSSR count). The van der Waals surface area contributed by atoms with Crippen molar-refractivity contribution in [3.8, 4) is 0 Å². The first kappa shape index (κ1) is 24.3. The lowest BCUT2D eigenvalue weighted by Crippen LogP contribution is -2.63. The van der Waals surface area contributed by atoms with Crippen LogP contribution in [0.15, 0.2) is 0 Å². The van der Waals surface area contributed by atoms with Gasteiger partial charge < -0.3 is 9.84 Å². The van der Waals surface area contributed by atoms with E-state index >= 15 is 0 Å². The lowest BCUT2D eigenvalue weighted by atomic mass is 9.35. The van der Waals surface area contributed by atoms with E-state index in [2.05, 4.69) is 41.5 Å². The first-order chi connectivity index (χ1) is 15.1. The Morgan fingerprint density at radius 1 is 0.788 bits per heavy atom. The average molecular weight is 459 g/mol. The van der Waals surface area contributed by atoms with Gasteiger partial charge in [-0.2, -0.15) is 0 Å². The monoisotopic (exact) mass is 458 g/mol. The third-order valence-electron chi connectivity index (χ3n) is 13.0. The Balaban J connectivity index is 1.45. The van der Waals surface area contributed by atoms with Crippen LogP contribution in [-0.2, 0) is 9.53 Å². The summed E-state index contributed by atoms with van der Waals surface area (Å²) in [7, 11) is 0. The van der Waals surface area contributed by atoms with E-state index in [0.717, 1.165) is 31.6 Å². The second-order valence-corrected chi connectivity index (χ2v) is 15.1. The molecule has 1 N–H and O–H groups in total. The van der Waals surface area contributed by atoms with Crippen LogP contribution >= 0.6 is 0 Å². The molecule has 1 saturated heterocycles. The van der Waals surface area contributed by atoms with Gasteiger partial charge in [0, 0.05) is 11.8 Å². The lowest BCUT2D eigenvalue weighted by molar-refractivity contribution is -0.210. The highest BCUT2D eigenvalue weighted by molar-refractivity contribution is 5.85. The number of carbonyl (C=O) groups is 1. The standard InChI is InChI=1S/C30H50O3/c1-25(2)21-12-17-29(7)22(27(21,5)15-13-23(25)31)10-9-19-20(11-16-28(19,29)6)30(8)18-14-24(33-30)26(3,4)32/h19-22,24,32H,9-18H2,1-8H3/t19-,20+,21+,22-,24-,27+,28-,29-,30-/m1/s1. The van der Waals surface area contributed by atoms with Crippen LogP contribution in [0.4, 0.5) is 0 Å². The molecule has 0 aromatic carbocycles. The van der Waals surface area contributed by atoms with Gasteiger partial charge in [-0.3, -0.25) is 4.79 Å². The van der Waals surface area contributed by atoms with Gasteiger partial charge in [-0.15, -0.1) is 0 Å². The Labute approximate surface area is 202 Å². The number of hydrogen-bond donors (Lipinski definition) is 1. The van der Waals surface area contributed by atoms with E-state index in [4.69, 9.17) is 4.74 Å². The highest BCUT2D eigenvalue weighted by atomic mass is 16.5. The van der Waals surface area contributed by atoms with Gasteiger partial charge in [0.2, 0.25) is 0 Å². The predicted octanol–water partition coefficient (Wildman–Crippen LogP) is 6.95. The predicted molar refractivity (Wildman–Crippen MR) is 133 cm³/mol. The van der Waals surface area contributed by atoms with E-state index < -0.39 is 5.60 Å². The molecule has 1 heterocycles. The van der Waals surface area contributed by atoms with Crippen molar-refractivity contribution in [2.45, 2.75) is 137 Å². The zero-order valence-electron chi connectivity index (χ0n) is 22.7. The molecule has 0 amide bonds. The van der Waals surface area contributed by atoms with Gasteiger partial charge in [0.1, 0.15) is 5.78 Å². The van der Waals surface area contributed by atoms with Crippen molar-refractivity contribution in [1.29, 1.82) is 0 Å². The molecule has 0 spiro atoms. The number of fused-ring (bicyclic) bond motifs is 5. The minimum atomic E-state index is -0.762. The number of ketones is 1. The highest BCUT2D eigenvalue weighted by Crippen LogP contribution is 2.75. The van der Waals surface area contributed by atoms with Gasteiger partial charge in [-0.1, -0.05) is 34.6 Å². The summed E-state index contributed by atoms with van der Waals surface area (Å²) in [6.45, 7) is 18.5. The van der Waals surface area contributed by atoms with Crippen molar-refractivity contribution in [1.82, 2.24) is 0 Å². The molecule has 33 heavy (non-hydrogen) atoms.